The summed E-state index contributed by atoms with van der Waals surface area (Å²) < 4.78 is 4.83. The Bertz CT molecular complexity index is 113. The first-order chi connectivity index (χ1) is 5.41. The first kappa shape index (κ1) is 13.7. The summed E-state index contributed by atoms with van der Waals surface area (Å²) in [7, 11) is 0. The first-order valence-electron chi connectivity index (χ1n) is 3.99. The van der Waals surface area contributed by atoms with E-state index in [1.54, 1.807) is 0 Å². The summed E-state index contributed by atoms with van der Waals surface area (Å²) >= 11 is 0. The monoisotopic (exact) mass is 169 g/mol. The number of benzene rings is 1. The molecule has 0 amide bonds. The molecule has 0 aliphatic heterocycles. The van der Waals surface area contributed by atoms with Gasteiger partial charge in [0.05, 0.1) is 0 Å². The summed E-state index contributed by atoms with van der Waals surface area (Å²) in [5, 5.41) is 0. The Balaban J connectivity index is 0. The molecule has 0 saturated heterocycles. The van der Waals surface area contributed by atoms with Crippen molar-refractivity contribution in [3.8, 4) is 0 Å². The molecule has 0 heterocycles. The van der Waals surface area contributed by atoms with Gasteiger partial charge in [0.15, 0.2) is 0 Å². The highest BCUT2D eigenvalue weighted by Crippen LogP contribution is 1.79. The smallest absolute Gasteiger partial charge is 0.0437 e. The van der Waals surface area contributed by atoms with Crippen molar-refractivity contribution in [3.63, 3.8) is 0 Å². The highest BCUT2D eigenvalue weighted by atomic mass is 16.5. The second kappa shape index (κ2) is 12.8. The molecule has 3 N–H and O–H groups in total. The minimum Gasteiger partial charge on any atom is -0.382 e. The van der Waals surface area contributed by atoms with Gasteiger partial charge in [-0.1, -0.05) is 36.4 Å². The van der Waals surface area contributed by atoms with Gasteiger partial charge in [-0.3, -0.25) is 0 Å². The topological polar surface area (TPSA) is 44.2 Å². The van der Waals surface area contributed by atoms with Gasteiger partial charge in [-0.25, -0.2) is 0 Å². The van der Waals surface area contributed by atoms with Crippen LogP contribution in [0.3, 0.4) is 0 Å². The maximum absolute atomic E-state index is 4.83. The maximum atomic E-state index is 4.83. The van der Waals surface area contributed by atoms with Gasteiger partial charge < -0.3 is 10.9 Å². The lowest BCUT2D eigenvalue weighted by Crippen LogP contribution is -1.84. The van der Waals surface area contributed by atoms with Crippen molar-refractivity contribution in [2.45, 2.75) is 13.8 Å². The van der Waals surface area contributed by atoms with Crippen LogP contribution in [0.4, 0.5) is 0 Å². The van der Waals surface area contributed by atoms with E-state index in [-0.39, 0.29) is 6.15 Å². The molecule has 0 unspecified atom stereocenters. The number of hydrogen-bond donors (Lipinski definition) is 1. The zero-order valence-corrected chi connectivity index (χ0v) is 7.99. The lowest BCUT2D eigenvalue weighted by atomic mass is 10.4. The van der Waals surface area contributed by atoms with E-state index in [0.29, 0.717) is 0 Å². The summed E-state index contributed by atoms with van der Waals surface area (Å²) in [5.41, 5.74) is 0. The largest absolute Gasteiger partial charge is 0.382 e. The van der Waals surface area contributed by atoms with Gasteiger partial charge >= 0.3 is 0 Å². The zero-order valence-electron chi connectivity index (χ0n) is 7.99. The van der Waals surface area contributed by atoms with Crippen molar-refractivity contribution in [3.05, 3.63) is 36.4 Å². The van der Waals surface area contributed by atoms with Crippen LogP contribution in [0.15, 0.2) is 36.4 Å². The molecule has 0 aromatic heterocycles. The standard InChI is InChI=1S/C6H6.C4H10O.H3N/c1-2-4-6-5-3-1;1-3-5-4-2;/h1-6H;3-4H2,1-2H3;1H3. The van der Waals surface area contributed by atoms with E-state index in [0.717, 1.165) is 13.2 Å². The van der Waals surface area contributed by atoms with Crippen LogP contribution >= 0.6 is 0 Å². The molecule has 2 heteroatoms. The van der Waals surface area contributed by atoms with Gasteiger partial charge in [-0.2, -0.15) is 0 Å². The van der Waals surface area contributed by atoms with Crippen LogP contribution < -0.4 is 6.15 Å². The highest BCUT2D eigenvalue weighted by molar-refractivity contribution is 4.99. The lowest BCUT2D eigenvalue weighted by Gasteiger charge is -1.86. The fraction of sp³-hybridized carbons (Fsp3) is 0.400. The van der Waals surface area contributed by atoms with E-state index in [1.807, 2.05) is 50.2 Å². The third-order valence-electron chi connectivity index (χ3n) is 1.07. The minimum atomic E-state index is 0. The van der Waals surface area contributed by atoms with Gasteiger partial charge in [0, 0.05) is 13.2 Å². The summed E-state index contributed by atoms with van der Waals surface area (Å²) in [4.78, 5) is 0. The number of ether oxygens (including phenoxy) is 1. The van der Waals surface area contributed by atoms with Crippen LogP contribution in [-0.2, 0) is 4.74 Å². The first-order valence-corrected chi connectivity index (χ1v) is 3.99. The van der Waals surface area contributed by atoms with E-state index >= 15 is 0 Å². The van der Waals surface area contributed by atoms with Gasteiger partial charge in [0.25, 0.3) is 0 Å². The molecular weight excluding hydrogens is 150 g/mol. The van der Waals surface area contributed by atoms with Crippen molar-refractivity contribution >= 4 is 0 Å². The molecule has 0 saturated carbocycles. The number of rotatable bonds is 2. The molecule has 2 nitrogen and oxygen atoms in total. The molecule has 0 radical (unpaired) electrons. The second-order valence-electron chi connectivity index (χ2n) is 1.94. The van der Waals surface area contributed by atoms with Crippen LogP contribution in [0.5, 0.6) is 0 Å². The molecule has 1 aromatic carbocycles. The van der Waals surface area contributed by atoms with Gasteiger partial charge in [0.2, 0.25) is 0 Å². The average Bonchev–Trinajstić information content (AvgIpc) is 2.10. The molecule has 1 aromatic rings. The van der Waals surface area contributed by atoms with Gasteiger partial charge in [-0.05, 0) is 13.8 Å². The predicted octanol–water partition coefficient (Wildman–Crippen LogP) is 2.89. The third-order valence-corrected chi connectivity index (χ3v) is 1.07. The van der Waals surface area contributed by atoms with Crippen molar-refractivity contribution in [2.75, 3.05) is 13.2 Å². The zero-order chi connectivity index (χ0) is 8.36. The summed E-state index contributed by atoms with van der Waals surface area (Å²) in [6, 6.07) is 12.0. The molecule has 1 rings (SSSR count). The molecule has 0 bridgehead atoms. The summed E-state index contributed by atoms with van der Waals surface area (Å²) in [5.74, 6) is 0. The Morgan fingerprint density at radius 1 is 0.750 bits per heavy atom. The molecule has 0 atom stereocenters. The van der Waals surface area contributed by atoms with E-state index in [2.05, 4.69) is 0 Å². The van der Waals surface area contributed by atoms with Crippen LogP contribution in [0, 0.1) is 0 Å². The fourth-order valence-corrected chi connectivity index (χ4v) is 0.589. The van der Waals surface area contributed by atoms with E-state index in [1.165, 1.54) is 0 Å². The third kappa shape index (κ3) is 11.9. The summed E-state index contributed by atoms with van der Waals surface area (Å²) in [6.45, 7) is 5.67. The van der Waals surface area contributed by atoms with Crippen molar-refractivity contribution in [2.24, 2.45) is 0 Å². The van der Waals surface area contributed by atoms with Crippen molar-refractivity contribution in [1.82, 2.24) is 6.15 Å². The molecular formula is C10H19NO. The predicted molar refractivity (Wildman–Crippen MR) is 53.6 cm³/mol. The van der Waals surface area contributed by atoms with Gasteiger partial charge in [-0.15, -0.1) is 0 Å². The van der Waals surface area contributed by atoms with Crippen LogP contribution in [0.1, 0.15) is 13.8 Å². The Kier molecular flexibility index (Phi) is 14.6. The number of hydrogen-bond acceptors (Lipinski definition) is 2. The van der Waals surface area contributed by atoms with Crippen LogP contribution in [-0.4, -0.2) is 13.2 Å². The van der Waals surface area contributed by atoms with Crippen molar-refractivity contribution < 1.29 is 4.74 Å². The average molecular weight is 169 g/mol. The molecule has 0 fully saturated rings. The molecule has 0 aliphatic rings. The summed E-state index contributed by atoms with van der Waals surface area (Å²) in [6.07, 6.45) is 0. The SMILES string of the molecule is CCOCC.N.c1ccccc1. The molecule has 0 aliphatic carbocycles. The second-order valence-corrected chi connectivity index (χ2v) is 1.94. The van der Waals surface area contributed by atoms with Crippen LogP contribution in [0.2, 0.25) is 0 Å². The van der Waals surface area contributed by atoms with Crippen LogP contribution in [0.25, 0.3) is 0 Å². The van der Waals surface area contributed by atoms with E-state index in [9.17, 15) is 0 Å². The Morgan fingerprint density at radius 2 is 1.00 bits per heavy atom. The normalized spacial score (nSPS) is 7.50. The van der Waals surface area contributed by atoms with Crippen molar-refractivity contribution in [1.29, 1.82) is 0 Å². The molecule has 0 spiro atoms. The Labute approximate surface area is 75.1 Å². The van der Waals surface area contributed by atoms with Gasteiger partial charge in [0.1, 0.15) is 0 Å². The Hall–Kier alpha value is -0.860. The van der Waals surface area contributed by atoms with E-state index < -0.39 is 0 Å². The minimum absolute atomic E-state index is 0. The molecule has 70 valence electrons. The fourth-order valence-electron chi connectivity index (χ4n) is 0.589. The van der Waals surface area contributed by atoms with E-state index in [4.69, 9.17) is 4.74 Å². The maximum Gasteiger partial charge on any atom is 0.0437 e. The highest BCUT2D eigenvalue weighted by Gasteiger charge is 1.64. The molecule has 12 heavy (non-hydrogen) atoms. The quantitative estimate of drug-likeness (QED) is 0.739. The lowest BCUT2D eigenvalue weighted by molar-refractivity contribution is 0.162. The Morgan fingerprint density at radius 3 is 1.08 bits per heavy atom.